The molecule has 5 nitrogen and oxygen atoms in total. The highest BCUT2D eigenvalue weighted by Gasteiger charge is 2.16. The molecular formula is C18H14Cl2N2O3S. The standard InChI is InChI=1S/C18H14Cl2N2O3S/c1-9-8-26-17-15(9)18(24)25-16(22-17)10(2)21-14(23)7-6-11-12(19)4-3-5-13(11)20/h3-8,10H,1-2H3,(H,21,23)/t10-/m0/s1. The van der Waals surface area contributed by atoms with Crippen LogP contribution >= 0.6 is 34.5 Å². The van der Waals surface area contributed by atoms with Crippen LogP contribution in [-0.2, 0) is 4.79 Å². The first-order chi connectivity index (χ1) is 12.4. The zero-order valence-electron chi connectivity index (χ0n) is 13.9. The van der Waals surface area contributed by atoms with Crippen molar-refractivity contribution in [1.82, 2.24) is 10.3 Å². The summed E-state index contributed by atoms with van der Waals surface area (Å²) in [5.41, 5.74) is 0.927. The van der Waals surface area contributed by atoms with Gasteiger partial charge in [0.25, 0.3) is 0 Å². The zero-order chi connectivity index (χ0) is 18.8. The van der Waals surface area contributed by atoms with Crippen LogP contribution in [0.3, 0.4) is 0 Å². The van der Waals surface area contributed by atoms with E-state index >= 15 is 0 Å². The van der Waals surface area contributed by atoms with Gasteiger partial charge in [0.1, 0.15) is 10.9 Å². The van der Waals surface area contributed by atoms with Gasteiger partial charge in [0, 0.05) is 21.7 Å². The van der Waals surface area contributed by atoms with Gasteiger partial charge in [-0.15, -0.1) is 11.3 Å². The Hall–Kier alpha value is -2.15. The molecule has 0 saturated heterocycles. The van der Waals surface area contributed by atoms with Crippen LogP contribution in [0.1, 0.15) is 30.0 Å². The van der Waals surface area contributed by atoms with Gasteiger partial charge < -0.3 is 9.73 Å². The van der Waals surface area contributed by atoms with Crippen molar-refractivity contribution >= 4 is 56.7 Å². The Bertz CT molecular complexity index is 1050. The summed E-state index contributed by atoms with van der Waals surface area (Å²) in [5, 5.41) is 5.91. The number of thiophene rings is 1. The summed E-state index contributed by atoms with van der Waals surface area (Å²) in [5.74, 6) is -0.234. The maximum absolute atomic E-state index is 12.1. The minimum absolute atomic E-state index is 0.155. The Morgan fingerprint density at radius 3 is 2.73 bits per heavy atom. The highest BCUT2D eigenvalue weighted by atomic mass is 35.5. The van der Waals surface area contributed by atoms with Crippen molar-refractivity contribution in [1.29, 1.82) is 0 Å². The van der Waals surface area contributed by atoms with Crippen LogP contribution in [0.25, 0.3) is 16.3 Å². The van der Waals surface area contributed by atoms with Gasteiger partial charge in [-0.05, 0) is 43.0 Å². The quantitative estimate of drug-likeness (QED) is 0.631. The number of carbonyl (C=O) groups is 1. The largest absolute Gasteiger partial charge is 0.406 e. The smallest absolute Gasteiger partial charge is 0.348 e. The summed E-state index contributed by atoms with van der Waals surface area (Å²) >= 11 is 13.5. The SMILES string of the molecule is Cc1csc2nc([C@H](C)NC(=O)C=Cc3c(Cl)cccc3Cl)oc(=O)c12. The van der Waals surface area contributed by atoms with Gasteiger partial charge in [-0.2, -0.15) is 0 Å². The van der Waals surface area contributed by atoms with Crippen LogP contribution in [0.2, 0.25) is 10.0 Å². The van der Waals surface area contributed by atoms with Crippen molar-refractivity contribution in [2.75, 3.05) is 0 Å². The van der Waals surface area contributed by atoms with Gasteiger partial charge >= 0.3 is 5.63 Å². The van der Waals surface area contributed by atoms with E-state index in [0.717, 1.165) is 5.56 Å². The molecule has 8 heteroatoms. The van der Waals surface area contributed by atoms with Crippen LogP contribution < -0.4 is 10.9 Å². The average molecular weight is 409 g/mol. The molecule has 1 aromatic carbocycles. The normalized spacial score (nSPS) is 12.6. The lowest BCUT2D eigenvalue weighted by Gasteiger charge is -2.10. The second-order valence-electron chi connectivity index (χ2n) is 5.64. The van der Waals surface area contributed by atoms with Crippen molar-refractivity contribution in [2.24, 2.45) is 0 Å². The third-order valence-corrected chi connectivity index (χ3v) is 5.35. The minimum atomic E-state index is -0.576. The number of fused-ring (bicyclic) bond motifs is 1. The molecule has 2 aromatic heterocycles. The number of nitrogens with one attached hydrogen (secondary N) is 1. The number of nitrogens with zero attached hydrogens (tertiary/aromatic N) is 1. The molecule has 0 aliphatic carbocycles. The molecule has 0 unspecified atom stereocenters. The molecule has 3 rings (SSSR count). The molecule has 0 saturated carbocycles. The van der Waals surface area contributed by atoms with Crippen LogP contribution in [0.15, 0.2) is 38.9 Å². The Labute approximate surface area is 163 Å². The fraction of sp³-hybridized carbons (Fsp3) is 0.167. The van der Waals surface area contributed by atoms with E-state index in [2.05, 4.69) is 10.3 Å². The highest BCUT2D eigenvalue weighted by Crippen LogP contribution is 2.25. The number of rotatable bonds is 4. The van der Waals surface area contributed by atoms with Gasteiger partial charge in [0.05, 0.1) is 5.39 Å². The van der Waals surface area contributed by atoms with E-state index in [0.29, 0.717) is 25.8 Å². The first kappa shape index (κ1) is 18.6. The number of aryl methyl sites for hydroxylation is 1. The summed E-state index contributed by atoms with van der Waals surface area (Å²) < 4.78 is 5.25. The Morgan fingerprint density at radius 2 is 2.04 bits per heavy atom. The first-order valence-electron chi connectivity index (χ1n) is 7.68. The van der Waals surface area contributed by atoms with Crippen molar-refractivity contribution in [3.05, 3.63) is 67.1 Å². The molecule has 0 aliphatic rings. The maximum Gasteiger partial charge on any atom is 0.348 e. The average Bonchev–Trinajstić information content (AvgIpc) is 2.96. The fourth-order valence-electron chi connectivity index (χ4n) is 2.37. The van der Waals surface area contributed by atoms with Gasteiger partial charge in [-0.25, -0.2) is 9.78 Å². The third kappa shape index (κ3) is 3.82. The number of amides is 1. The van der Waals surface area contributed by atoms with Crippen LogP contribution in [0, 0.1) is 6.92 Å². The van der Waals surface area contributed by atoms with Gasteiger partial charge in [0.2, 0.25) is 11.8 Å². The Morgan fingerprint density at radius 1 is 1.35 bits per heavy atom. The van der Waals surface area contributed by atoms with Crippen molar-refractivity contribution in [2.45, 2.75) is 19.9 Å². The summed E-state index contributed by atoms with van der Waals surface area (Å²) in [6.45, 7) is 3.51. The highest BCUT2D eigenvalue weighted by molar-refractivity contribution is 7.16. The van der Waals surface area contributed by atoms with Crippen molar-refractivity contribution in [3.8, 4) is 0 Å². The topological polar surface area (TPSA) is 72.2 Å². The molecule has 0 radical (unpaired) electrons. The molecule has 134 valence electrons. The van der Waals surface area contributed by atoms with E-state index in [4.69, 9.17) is 27.6 Å². The molecule has 1 amide bonds. The van der Waals surface area contributed by atoms with Crippen molar-refractivity contribution < 1.29 is 9.21 Å². The molecule has 3 aromatic rings. The van der Waals surface area contributed by atoms with E-state index in [1.807, 2.05) is 12.3 Å². The predicted octanol–water partition coefficient (Wildman–Crippen LogP) is 4.76. The first-order valence-corrected chi connectivity index (χ1v) is 9.32. The monoisotopic (exact) mass is 408 g/mol. The number of benzene rings is 1. The molecular weight excluding hydrogens is 395 g/mol. The van der Waals surface area contributed by atoms with E-state index in [-0.39, 0.29) is 11.8 Å². The van der Waals surface area contributed by atoms with Gasteiger partial charge in [0.15, 0.2) is 0 Å². The van der Waals surface area contributed by atoms with Crippen molar-refractivity contribution in [3.63, 3.8) is 0 Å². The Kier molecular flexibility index (Phi) is 5.46. The number of aromatic nitrogens is 1. The molecule has 0 fully saturated rings. The molecule has 0 spiro atoms. The number of carbonyl (C=O) groups excluding carboxylic acids is 1. The molecule has 0 aliphatic heterocycles. The third-order valence-electron chi connectivity index (χ3n) is 3.70. The number of hydrogen-bond acceptors (Lipinski definition) is 5. The molecule has 26 heavy (non-hydrogen) atoms. The van der Waals surface area contributed by atoms with E-state index in [1.165, 1.54) is 23.5 Å². The molecule has 1 atom stereocenters. The van der Waals surface area contributed by atoms with E-state index in [9.17, 15) is 9.59 Å². The molecule has 2 heterocycles. The predicted molar refractivity (Wildman–Crippen MR) is 105 cm³/mol. The molecule has 1 N–H and O–H groups in total. The van der Waals surface area contributed by atoms with Gasteiger partial charge in [-0.3, -0.25) is 4.79 Å². The zero-order valence-corrected chi connectivity index (χ0v) is 16.2. The second-order valence-corrected chi connectivity index (χ2v) is 7.31. The van der Waals surface area contributed by atoms with Crippen LogP contribution in [-0.4, -0.2) is 10.9 Å². The fourth-order valence-corrected chi connectivity index (χ4v) is 3.80. The maximum atomic E-state index is 12.1. The minimum Gasteiger partial charge on any atom is -0.406 e. The van der Waals surface area contributed by atoms with E-state index < -0.39 is 11.7 Å². The lowest BCUT2D eigenvalue weighted by atomic mass is 10.2. The summed E-state index contributed by atoms with van der Waals surface area (Å²) in [6.07, 6.45) is 2.84. The summed E-state index contributed by atoms with van der Waals surface area (Å²) in [4.78, 5) is 29.2. The van der Waals surface area contributed by atoms with Crippen LogP contribution in [0.5, 0.6) is 0 Å². The summed E-state index contributed by atoms with van der Waals surface area (Å²) in [7, 11) is 0. The van der Waals surface area contributed by atoms with E-state index in [1.54, 1.807) is 25.1 Å². The lowest BCUT2D eigenvalue weighted by Crippen LogP contribution is -2.26. The Balaban J connectivity index is 1.77. The number of halogens is 2. The van der Waals surface area contributed by atoms with Gasteiger partial charge in [-0.1, -0.05) is 29.3 Å². The second kappa shape index (κ2) is 7.61. The molecule has 0 bridgehead atoms. The van der Waals surface area contributed by atoms with Crippen LogP contribution in [0.4, 0.5) is 0 Å². The summed E-state index contributed by atoms with van der Waals surface area (Å²) in [6, 6.07) is 4.52. The number of hydrogen-bond donors (Lipinski definition) is 1. The lowest BCUT2D eigenvalue weighted by molar-refractivity contribution is -0.117.